The van der Waals surface area contributed by atoms with Gasteiger partial charge in [0.25, 0.3) is 0 Å². The van der Waals surface area contributed by atoms with E-state index in [0.717, 1.165) is 36.6 Å². The van der Waals surface area contributed by atoms with Crippen LogP contribution in [0.15, 0.2) is 0 Å². The van der Waals surface area contributed by atoms with Gasteiger partial charge in [-0.2, -0.15) is 0 Å². The summed E-state index contributed by atoms with van der Waals surface area (Å²) in [5, 5.41) is 2.81. The van der Waals surface area contributed by atoms with E-state index < -0.39 is 0 Å². The molecule has 0 radical (unpaired) electrons. The van der Waals surface area contributed by atoms with Crippen molar-refractivity contribution >= 4 is 17.5 Å². The third-order valence-electron chi connectivity index (χ3n) is 3.46. The number of nitrogen functional groups attached to an aromatic ring is 1. The van der Waals surface area contributed by atoms with Gasteiger partial charge in [-0.05, 0) is 19.8 Å². The van der Waals surface area contributed by atoms with Crippen molar-refractivity contribution in [3.05, 3.63) is 11.4 Å². The fourth-order valence-corrected chi connectivity index (χ4v) is 2.19. The molecule has 6 heteroatoms. The summed E-state index contributed by atoms with van der Waals surface area (Å²) in [4.78, 5) is 22.4. The number of carbonyl (C=O) groups is 1. The Hall–Kier alpha value is -1.85. The molecule has 0 aromatic carbocycles. The van der Waals surface area contributed by atoms with Gasteiger partial charge in [0, 0.05) is 24.6 Å². The smallest absolute Gasteiger partial charge is 0.239 e. The van der Waals surface area contributed by atoms with Crippen molar-refractivity contribution in [1.29, 1.82) is 0 Å². The highest BCUT2D eigenvalue weighted by Crippen LogP contribution is 2.39. The lowest BCUT2D eigenvalue weighted by atomic mass is 10.2. The third-order valence-corrected chi connectivity index (χ3v) is 3.46. The van der Waals surface area contributed by atoms with Crippen LogP contribution in [0.2, 0.25) is 0 Å². The summed E-state index contributed by atoms with van der Waals surface area (Å²) in [6.07, 6.45) is 2.28. The lowest BCUT2D eigenvalue weighted by Gasteiger charge is -2.29. The molecule has 2 heterocycles. The molecular formula is C12H17N5O. The van der Waals surface area contributed by atoms with E-state index in [1.54, 1.807) is 0 Å². The normalized spacial score (nSPS) is 19.8. The van der Waals surface area contributed by atoms with Crippen molar-refractivity contribution in [3.63, 3.8) is 0 Å². The van der Waals surface area contributed by atoms with Crippen LogP contribution in [0.1, 0.15) is 30.1 Å². The molecule has 2 fully saturated rings. The van der Waals surface area contributed by atoms with Crippen molar-refractivity contribution in [2.24, 2.45) is 0 Å². The van der Waals surface area contributed by atoms with Gasteiger partial charge in [-0.1, -0.05) is 0 Å². The fourth-order valence-electron chi connectivity index (χ4n) is 2.19. The first-order valence-electron chi connectivity index (χ1n) is 6.31. The van der Waals surface area contributed by atoms with Gasteiger partial charge in [-0.15, -0.1) is 0 Å². The molecule has 0 atom stereocenters. The maximum atomic E-state index is 11.4. The van der Waals surface area contributed by atoms with Crippen molar-refractivity contribution in [3.8, 4) is 0 Å². The Balaban J connectivity index is 1.96. The molecule has 1 aromatic heterocycles. The molecule has 1 aliphatic heterocycles. The second kappa shape index (κ2) is 4.12. The maximum Gasteiger partial charge on any atom is 0.239 e. The topological polar surface area (TPSA) is 84.1 Å². The number of amides is 1. The van der Waals surface area contributed by atoms with Crippen molar-refractivity contribution in [1.82, 2.24) is 15.3 Å². The molecule has 1 aromatic rings. The minimum Gasteiger partial charge on any atom is -0.383 e. The van der Waals surface area contributed by atoms with Gasteiger partial charge < -0.3 is 16.0 Å². The fraction of sp³-hybridized carbons (Fsp3) is 0.583. The average Bonchev–Trinajstić information content (AvgIpc) is 3.16. The number of anilines is 2. The molecule has 0 unspecified atom stereocenters. The monoisotopic (exact) mass is 247 g/mol. The molecule has 1 saturated heterocycles. The number of piperazine rings is 1. The van der Waals surface area contributed by atoms with Gasteiger partial charge in [0.15, 0.2) is 0 Å². The van der Waals surface area contributed by atoms with E-state index in [0.29, 0.717) is 24.8 Å². The summed E-state index contributed by atoms with van der Waals surface area (Å²) >= 11 is 0. The molecule has 3 rings (SSSR count). The van der Waals surface area contributed by atoms with Gasteiger partial charge in [0.1, 0.15) is 17.5 Å². The van der Waals surface area contributed by atoms with Crippen LogP contribution in [-0.4, -0.2) is 35.5 Å². The van der Waals surface area contributed by atoms with Gasteiger partial charge in [0.2, 0.25) is 5.91 Å². The largest absolute Gasteiger partial charge is 0.383 e. The first-order valence-corrected chi connectivity index (χ1v) is 6.31. The van der Waals surface area contributed by atoms with E-state index in [1.165, 1.54) is 0 Å². The first-order chi connectivity index (χ1) is 8.65. The van der Waals surface area contributed by atoms with E-state index in [4.69, 9.17) is 5.73 Å². The molecule has 1 aliphatic carbocycles. The standard InChI is InChI=1S/C12H17N5O/c1-7-10(13)15-11(8-2-3-8)16-12(7)17-5-4-14-9(18)6-17/h8H,2-6H2,1H3,(H,14,18)(H2,13,15,16). The van der Waals surface area contributed by atoms with Crippen LogP contribution in [0.5, 0.6) is 0 Å². The van der Waals surface area contributed by atoms with Crippen LogP contribution in [-0.2, 0) is 4.79 Å². The highest BCUT2D eigenvalue weighted by molar-refractivity contribution is 5.82. The van der Waals surface area contributed by atoms with E-state index in [9.17, 15) is 4.79 Å². The number of hydrogen-bond donors (Lipinski definition) is 2. The van der Waals surface area contributed by atoms with E-state index in [2.05, 4.69) is 15.3 Å². The number of nitrogens with one attached hydrogen (secondary N) is 1. The summed E-state index contributed by atoms with van der Waals surface area (Å²) in [6, 6.07) is 0. The predicted octanol–water partition coefficient (Wildman–Crippen LogP) is 0.181. The molecule has 96 valence electrons. The minimum absolute atomic E-state index is 0.0332. The van der Waals surface area contributed by atoms with E-state index in [-0.39, 0.29) is 5.91 Å². The summed E-state index contributed by atoms with van der Waals surface area (Å²) in [5.74, 6) is 2.68. The first kappa shape index (κ1) is 11.3. The average molecular weight is 247 g/mol. The van der Waals surface area contributed by atoms with Gasteiger partial charge in [0.05, 0.1) is 6.54 Å². The van der Waals surface area contributed by atoms with Crippen LogP contribution >= 0.6 is 0 Å². The SMILES string of the molecule is Cc1c(N)nc(C2CC2)nc1N1CCNC(=O)C1. The highest BCUT2D eigenvalue weighted by Gasteiger charge is 2.29. The number of nitrogens with two attached hydrogens (primary N) is 1. The number of carbonyl (C=O) groups excluding carboxylic acids is 1. The molecule has 3 N–H and O–H groups in total. The lowest BCUT2D eigenvalue weighted by molar-refractivity contribution is -0.120. The summed E-state index contributed by atoms with van der Waals surface area (Å²) < 4.78 is 0. The zero-order valence-corrected chi connectivity index (χ0v) is 10.4. The number of hydrogen-bond acceptors (Lipinski definition) is 5. The molecule has 6 nitrogen and oxygen atoms in total. The maximum absolute atomic E-state index is 11.4. The molecule has 0 bridgehead atoms. The Morgan fingerprint density at radius 3 is 2.83 bits per heavy atom. The zero-order chi connectivity index (χ0) is 12.7. The van der Waals surface area contributed by atoms with Crippen LogP contribution in [0.3, 0.4) is 0 Å². The Kier molecular flexibility index (Phi) is 2.57. The molecule has 2 aliphatic rings. The molecule has 1 saturated carbocycles. The molecule has 1 amide bonds. The minimum atomic E-state index is 0.0332. The van der Waals surface area contributed by atoms with Crippen LogP contribution in [0.4, 0.5) is 11.6 Å². The molecule has 0 spiro atoms. The van der Waals surface area contributed by atoms with Gasteiger partial charge in [-0.25, -0.2) is 9.97 Å². The number of aromatic nitrogens is 2. The summed E-state index contributed by atoms with van der Waals surface area (Å²) in [5.41, 5.74) is 6.82. The summed E-state index contributed by atoms with van der Waals surface area (Å²) in [6.45, 7) is 3.68. The number of nitrogens with zero attached hydrogens (tertiary/aromatic N) is 3. The lowest BCUT2D eigenvalue weighted by Crippen LogP contribution is -2.48. The van der Waals surface area contributed by atoms with Crippen molar-refractivity contribution in [2.75, 3.05) is 30.3 Å². The quantitative estimate of drug-likeness (QED) is 0.779. The predicted molar refractivity (Wildman–Crippen MR) is 68.4 cm³/mol. The van der Waals surface area contributed by atoms with Crippen molar-refractivity contribution < 1.29 is 4.79 Å². The van der Waals surface area contributed by atoms with Gasteiger partial charge in [-0.3, -0.25) is 4.79 Å². The van der Waals surface area contributed by atoms with Crippen LogP contribution in [0.25, 0.3) is 0 Å². The summed E-state index contributed by atoms with van der Waals surface area (Å²) in [7, 11) is 0. The van der Waals surface area contributed by atoms with Crippen molar-refractivity contribution in [2.45, 2.75) is 25.7 Å². The van der Waals surface area contributed by atoms with E-state index in [1.807, 2.05) is 11.8 Å². The second-order valence-corrected chi connectivity index (χ2v) is 4.96. The second-order valence-electron chi connectivity index (χ2n) is 4.96. The third kappa shape index (κ3) is 1.98. The highest BCUT2D eigenvalue weighted by atomic mass is 16.2. The molecular weight excluding hydrogens is 230 g/mol. The number of rotatable bonds is 2. The van der Waals surface area contributed by atoms with Crippen LogP contribution < -0.4 is 16.0 Å². The van der Waals surface area contributed by atoms with Gasteiger partial charge >= 0.3 is 0 Å². The Labute approximate surface area is 106 Å². The molecule has 18 heavy (non-hydrogen) atoms. The van der Waals surface area contributed by atoms with E-state index >= 15 is 0 Å². The van der Waals surface area contributed by atoms with Crippen LogP contribution in [0, 0.1) is 6.92 Å². The Bertz CT molecular complexity index is 497. The Morgan fingerprint density at radius 2 is 2.17 bits per heavy atom. The Morgan fingerprint density at radius 1 is 1.39 bits per heavy atom. The zero-order valence-electron chi connectivity index (χ0n) is 10.4.